The first-order chi connectivity index (χ1) is 19.5. The summed E-state index contributed by atoms with van der Waals surface area (Å²) in [6, 6.07) is 5.20. The number of halogens is 2. The van der Waals surface area contributed by atoms with Crippen molar-refractivity contribution >= 4 is 46.5 Å². The fourth-order valence-electron chi connectivity index (χ4n) is 6.14. The Hall–Kier alpha value is -3.84. The molecular formula is C27H27ClFN5O7. The molecule has 4 unspecified atom stereocenters. The number of imidazole rings is 1. The molecule has 3 aromatic rings. The normalized spacial score (nSPS) is 24.3. The van der Waals surface area contributed by atoms with Crippen LogP contribution in [-0.4, -0.2) is 75.4 Å². The molecule has 1 spiro atoms. The molecule has 1 aliphatic carbocycles. The summed E-state index contributed by atoms with van der Waals surface area (Å²) in [5.41, 5.74) is 2.43. The average molecular weight is 588 g/mol. The maximum Gasteiger partial charge on any atom is 0.303 e. The van der Waals surface area contributed by atoms with Gasteiger partial charge in [0.1, 0.15) is 18.5 Å². The van der Waals surface area contributed by atoms with Crippen LogP contribution in [0.15, 0.2) is 24.5 Å². The Morgan fingerprint density at radius 2 is 1.80 bits per heavy atom. The highest BCUT2D eigenvalue weighted by Crippen LogP contribution is 2.47. The molecule has 2 fully saturated rings. The Morgan fingerprint density at radius 3 is 2.49 bits per heavy atom. The maximum atomic E-state index is 14.4. The van der Waals surface area contributed by atoms with Gasteiger partial charge in [0.05, 0.1) is 6.33 Å². The minimum absolute atomic E-state index is 0.0361. The first-order valence-electron chi connectivity index (χ1n) is 13.1. The molecule has 0 amide bonds. The van der Waals surface area contributed by atoms with E-state index in [9.17, 15) is 18.8 Å². The van der Waals surface area contributed by atoms with Gasteiger partial charge in [0.2, 0.25) is 5.28 Å². The number of rotatable bonds is 6. The summed E-state index contributed by atoms with van der Waals surface area (Å²) >= 11 is 6.37. The van der Waals surface area contributed by atoms with E-state index >= 15 is 0 Å². The Labute approximate surface area is 238 Å². The number of esters is 3. The second kappa shape index (κ2) is 10.2. The molecule has 2 aliphatic heterocycles. The fraction of sp³-hybridized carbons (Fsp3) is 0.481. The van der Waals surface area contributed by atoms with Crippen LogP contribution in [0, 0.1) is 11.2 Å². The van der Waals surface area contributed by atoms with Crippen molar-refractivity contribution in [2.24, 2.45) is 5.41 Å². The molecule has 2 aromatic heterocycles. The molecular weight excluding hydrogens is 561 g/mol. The number of anilines is 1. The molecule has 0 saturated carbocycles. The van der Waals surface area contributed by atoms with Crippen LogP contribution in [0.4, 0.5) is 10.2 Å². The Bertz CT molecular complexity index is 1560. The predicted molar refractivity (Wildman–Crippen MR) is 140 cm³/mol. The predicted octanol–water partition coefficient (Wildman–Crippen LogP) is 2.55. The summed E-state index contributed by atoms with van der Waals surface area (Å²) < 4.78 is 38.2. The van der Waals surface area contributed by atoms with E-state index < -0.39 is 42.4 Å². The molecule has 0 bridgehead atoms. The highest BCUT2D eigenvalue weighted by Gasteiger charge is 2.52. The smallest absolute Gasteiger partial charge is 0.303 e. The number of hydrogen-bond donors (Lipinski definition) is 0. The van der Waals surface area contributed by atoms with Crippen molar-refractivity contribution in [2.45, 2.75) is 58.2 Å². The van der Waals surface area contributed by atoms with E-state index in [0.29, 0.717) is 36.5 Å². The minimum atomic E-state index is -1.11. The van der Waals surface area contributed by atoms with Crippen molar-refractivity contribution in [3.05, 3.63) is 46.8 Å². The SMILES string of the molecule is CC(=O)OCC1OC(n2cnc3c(N4CC5(Cc6cccc(F)c6C5)C4)nc(Cl)nc32)C(OC(C)=O)C1OC(C)=O. The quantitative estimate of drug-likeness (QED) is 0.239. The van der Waals surface area contributed by atoms with E-state index in [4.69, 9.17) is 30.5 Å². The van der Waals surface area contributed by atoms with Crippen LogP contribution < -0.4 is 4.90 Å². The van der Waals surface area contributed by atoms with Crippen LogP contribution in [0.5, 0.6) is 0 Å². The van der Waals surface area contributed by atoms with Crippen molar-refractivity contribution < 1.29 is 37.7 Å². The van der Waals surface area contributed by atoms with E-state index in [-0.39, 0.29) is 23.1 Å². The second-order valence-electron chi connectivity index (χ2n) is 10.7. The lowest BCUT2D eigenvalue weighted by atomic mass is 9.77. The van der Waals surface area contributed by atoms with Crippen LogP contribution >= 0.6 is 11.6 Å². The monoisotopic (exact) mass is 587 g/mol. The third-order valence-electron chi connectivity index (χ3n) is 7.68. The summed E-state index contributed by atoms with van der Waals surface area (Å²) in [7, 11) is 0. The van der Waals surface area contributed by atoms with Gasteiger partial charge in [-0.3, -0.25) is 19.0 Å². The van der Waals surface area contributed by atoms with Crippen molar-refractivity contribution in [1.29, 1.82) is 0 Å². The van der Waals surface area contributed by atoms with E-state index in [1.165, 1.54) is 37.7 Å². The molecule has 6 rings (SSSR count). The second-order valence-corrected chi connectivity index (χ2v) is 11.1. The molecule has 14 heteroatoms. The number of nitrogens with zero attached hydrogens (tertiary/aromatic N) is 5. The van der Waals surface area contributed by atoms with Gasteiger partial charge in [0.15, 0.2) is 35.4 Å². The highest BCUT2D eigenvalue weighted by molar-refractivity contribution is 6.28. The number of carbonyl (C=O) groups is 3. The van der Waals surface area contributed by atoms with Gasteiger partial charge in [-0.05, 0) is 41.6 Å². The minimum Gasteiger partial charge on any atom is -0.463 e. The third-order valence-corrected chi connectivity index (χ3v) is 7.84. The number of aromatic nitrogens is 4. The number of benzene rings is 1. The lowest BCUT2D eigenvalue weighted by Crippen LogP contribution is -2.57. The van der Waals surface area contributed by atoms with E-state index in [1.54, 1.807) is 6.07 Å². The third kappa shape index (κ3) is 4.97. The highest BCUT2D eigenvalue weighted by atomic mass is 35.5. The standard InChI is InChI=1S/C27H27ClFN5O7/c1-13(35)38-9-19-21(39-14(2)36)22(40-15(3)37)25(41-19)34-12-30-20-23(31-26(28)32-24(20)34)33-10-27(11-33)7-16-5-4-6-18(29)17(16)8-27/h4-6,12,19,21-22,25H,7-11H2,1-3H3. The lowest BCUT2D eigenvalue weighted by Gasteiger charge is -2.49. The van der Waals surface area contributed by atoms with Crippen molar-refractivity contribution in [1.82, 2.24) is 19.5 Å². The van der Waals surface area contributed by atoms with Gasteiger partial charge in [-0.25, -0.2) is 9.37 Å². The van der Waals surface area contributed by atoms with Gasteiger partial charge in [0.25, 0.3) is 0 Å². The van der Waals surface area contributed by atoms with Gasteiger partial charge in [-0.15, -0.1) is 0 Å². The van der Waals surface area contributed by atoms with E-state index in [2.05, 4.69) is 15.0 Å². The molecule has 2 saturated heterocycles. The Morgan fingerprint density at radius 1 is 1.07 bits per heavy atom. The topological polar surface area (TPSA) is 135 Å². The van der Waals surface area contributed by atoms with Gasteiger partial charge < -0.3 is 23.8 Å². The van der Waals surface area contributed by atoms with Crippen LogP contribution in [-0.2, 0) is 46.2 Å². The largest absolute Gasteiger partial charge is 0.463 e. The lowest BCUT2D eigenvalue weighted by molar-refractivity contribution is -0.166. The first kappa shape index (κ1) is 27.3. The number of ether oxygens (including phenoxy) is 4. The van der Waals surface area contributed by atoms with Crippen LogP contribution in [0.25, 0.3) is 11.2 Å². The summed E-state index contributed by atoms with van der Waals surface area (Å²) in [6.45, 7) is 4.69. The average Bonchev–Trinajstić information content (AvgIpc) is 3.56. The molecule has 3 aliphatic rings. The zero-order valence-electron chi connectivity index (χ0n) is 22.5. The summed E-state index contributed by atoms with van der Waals surface area (Å²) in [4.78, 5) is 50.8. The van der Waals surface area contributed by atoms with Gasteiger partial charge >= 0.3 is 17.9 Å². The van der Waals surface area contributed by atoms with E-state index in [1.807, 2.05) is 11.0 Å². The molecule has 216 valence electrons. The van der Waals surface area contributed by atoms with Gasteiger partial charge in [-0.1, -0.05) is 12.1 Å². The first-order valence-corrected chi connectivity index (χ1v) is 13.5. The van der Waals surface area contributed by atoms with Crippen LogP contribution in [0.1, 0.15) is 38.1 Å². The maximum absolute atomic E-state index is 14.4. The summed E-state index contributed by atoms with van der Waals surface area (Å²) in [5, 5.41) is -0.0361. The molecule has 1 aromatic carbocycles. The fourth-order valence-corrected chi connectivity index (χ4v) is 6.30. The van der Waals surface area contributed by atoms with E-state index in [0.717, 1.165) is 17.5 Å². The molecule has 0 N–H and O–H groups in total. The van der Waals surface area contributed by atoms with Gasteiger partial charge in [0, 0.05) is 39.3 Å². The zero-order valence-corrected chi connectivity index (χ0v) is 23.3. The Kier molecular flexibility index (Phi) is 6.81. The summed E-state index contributed by atoms with van der Waals surface area (Å²) in [5.74, 6) is -1.49. The van der Waals surface area contributed by atoms with Crippen molar-refractivity contribution in [3.8, 4) is 0 Å². The molecule has 4 atom stereocenters. The number of fused-ring (bicyclic) bond motifs is 2. The number of carbonyl (C=O) groups excluding carboxylic acids is 3. The summed E-state index contributed by atoms with van der Waals surface area (Å²) in [6.07, 6.45) is -1.29. The molecule has 12 nitrogen and oxygen atoms in total. The van der Waals surface area contributed by atoms with Crippen LogP contribution in [0.2, 0.25) is 5.28 Å². The molecule has 4 heterocycles. The molecule has 41 heavy (non-hydrogen) atoms. The zero-order chi connectivity index (χ0) is 29.1. The Balaban J connectivity index is 1.31. The molecule has 0 radical (unpaired) electrons. The van der Waals surface area contributed by atoms with Crippen molar-refractivity contribution in [2.75, 3.05) is 24.6 Å². The van der Waals surface area contributed by atoms with Crippen LogP contribution in [0.3, 0.4) is 0 Å². The van der Waals surface area contributed by atoms with Crippen molar-refractivity contribution in [3.63, 3.8) is 0 Å². The number of hydrogen-bond acceptors (Lipinski definition) is 11. The van der Waals surface area contributed by atoms with Gasteiger partial charge in [-0.2, -0.15) is 9.97 Å².